The van der Waals surface area contributed by atoms with Crippen LogP contribution in [0.3, 0.4) is 0 Å². The number of furan rings is 1. The van der Waals surface area contributed by atoms with Crippen LogP contribution in [0.5, 0.6) is 5.75 Å². The van der Waals surface area contributed by atoms with Crippen molar-refractivity contribution in [3.05, 3.63) is 30.0 Å². The minimum absolute atomic E-state index is 0.0450. The second-order valence-corrected chi connectivity index (χ2v) is 8.31. The maximum Gasteiger partial charge on any atom is 0.399 e. The summed E-state index contributed by atoms with van der Waals surface area (Å²) in [6.45, 7) is 6.70. The molecule has 1 fully saturated rings. The molecule has 2 heterocycles. The number of piperidine rings is 1. The lowest BCUT2D eigenvalue weighted by Gasteiger charge is -2.30. The summed E-state index contributed by atoms with van der Waals surface area (Å²) in [6, 6.07) is 6.74. The van der Waals surface area contributed by atoms with Crippen molar-refractivity contribution < 1.29 is 22.3 Å². The summed E-state index contributed by atoms with van der Waals surface area (Å²) in [5.74, 6) is -1.02. The molecule has 1 atom stereocenters. The number of alkyl halides is 3. The molecule has 1 aromatic carbocycles. The van der Waals surface area contributed by atoms with E-state index in [4.69, 9.17) is 9.15 Å². The summed E-state index contributed by atoms with van der Waals surface area (Å²) in [6.07, 6.45) is -2.32. The van der Waals surface area contributed by atoms with Crippen LogP contribution in [0.25, 0.3) is 11.0 Å². The average Bonchev–Trinajstić information content (AvgIpc) is 2.88. The van der Waals surface area contributed by atoms with Crippen LogP contribution in [0.1, 0.15) is 45.3 Å². The minimum atomic E-state index is -4.36. The Labute approximate surface area is 152 Å². The third-order valence-corrected chi connectivity index (χ3v) is 4.95. The van der Waals surface area contributed by atoms with Gasteiger partial charge in [0, 0.05) is 18.5 Å². The van der Waals surface area contributed by atoms with Gasteiger partial charge in [-0.15, -0.1) is 0 Å². The zero-order valence-corrected chi connectivity index (χ0v) is 15.7. The van der Waals surface area contributed by atoms with E-state index in [1.165, 1.54) is 6.07 Å². The van der Waals surface area contributed by atoms with Gasteiger partial charge in [0.25, 0.3) is 0 Å². The van der Waals surface area contributed by atoms with Crippen molar-refractivity contribution in [2.75, 3.05) is 20.1 Å². The maximum absolute atomic E-state index is 13.6. The summed E-state index contributed by atoms with van der Waals surface area (Å²) < 4.78 is 52.3. The first-order valence-corrected chi connectivity index (χ1v) is 8.99. The molecule has 1 aromatic heterocycles. The van der Waals surface area contributed by atoms with Crippen LogP contribution in [-0.4, -0.2) is 37.3 Å². The van der Waals surface area contributed by atoms with Crippen molar-refractivity contribution >= 4 is 11.0 Å². The van der Waals surface area contributed by atoms with E-state index in [1.807, 2.05) is 0 Å². The highest BCUT2D eigenvalue weighted by atomic mass is 19.4. The van der Waals surface area contributed by atoms with Gasteiger partial charge in [-0.2, -0.15) is 13.2 Å². The van der Waals surface area contributed by atoms with Crippen molar-refractivity contribution in [2.45, 2.75) is 51.8 Å². The first kappa shape index (κ1) is 19.1. The van der Waals surface area contributed by atoms with Crippen LogP contribution in [0.4, 0.5) is 13.2 Å². The standard InChI is InChI=1S/C20H26F3NO2/c1-19(2,3)18(20(21,22)23)17-12-13-11-15(5-6-16(13)26-17)25-14-7-9-24(4)10-8-14/h5-6,11-12,14,18H,7-10H2,1-4H3. The quantitative estimate of drug-likeness (QED) is 0.704. The SMILES string of the molecule is CN1CCC(Oc2ccc3oc(C(C(C)(C)C)C(F)(F)F)cc3c2)CC1. The van der Waals surface area contributed by atoms with Gasteiger partial charge in [-0.3, -0.25) is 0 Å². The Kier molecular flexibility index (Phi) is 4.99. The molecule has 0 aliphatic carbocycles. The van der Waals surface area contributed by atoms with Crippen LogP contribution in [-0.2, 0) is 0 Å². The van der Waals surface area contributed by atoms with Crippen molar-refractivity contribution in [1.82, 2.24) is 4.90 Å². The lowest BCUT2D eigenvalue weighted by Crippen LogP contribution is -2.35. The molecule has 1 unspecified atom stereocenters. The molecule has 3 rings (SSSR count). The molecule has 0 bridgehead atoms. The van der Waals surface area contributed by atoms with E-state index in [-0.39, 0.29) is 11.9 Å². The maximum atomic E-state index is 13.6. The van der Waals surface area contributed by atoms with Gasteiger partial charge < -0.3 is 14.1 Å². The Morgan fingerprint density at radius 1 is 1.12 bits per heavy atom. The normalized spacial score (nSPS) is 19.0. The zero-order valence-electron chi connectivity index (χ0n) is 15.7. The predicted octanol–water partition coefficient (Wildman–Crippen LogP) is 5.60. The molecule has 144 valence electrons. The topological polar surface area (TPSA) is 25.6 Å². The fraction of sp³-hybridized carbons (Fsp3) is 0.600. The fourth-order valence-corrected chi connectivity index (χ4v) is 3.63. The second kappa shape index (κ2) is 6.80. The average molecular weight is 369 g/mol. The molecule has 1 saturated heterocycles. The summed E-state index contributed by atoms with van der Waals surface area (Å²) >= 11 is 0. The molecule has 3 nitrogen and oxygen atoms in total. The highest BCUT2D eigenvalue weighted by Gasteiger charge is 2.49. The lowest BCUT2D eigenvalue weighted by atomic mass is 9.78. The van der Waals surface area contributed by atoms with Crippen LogP contribution in [0.2, 0.25) is 0 Å². The van der Waals surface area contributed by atoms with Crippen LogP contribution in [0.15, 0.2) is 28.7 Å². The van der Waals surface area contributed by atoms with E-state index in [2.05, 4.69) is 11.9 Å². The summed E-state index contributed by atoms with van der Waals surface area (Å²) in [5, 5.41) is 0.643. The number of fused-ring (bicyclic) bond motifs is 1. The number of nitrogens with zero attached hydrogens (tertiary/aromatic N) is 1. The monoisotopic (exact) mass is 369 g/mol. The van der Waals surface area contributed by atoms with E-state index in [9.17, 15) is 13.2 Å². The number of benzene rings is 1. The van der Waals surface area contributed by atoms with E-state index >= 15 is 0 Å². The number of ether oxygens (including phenoxy) is 1. The van der Waals surface area contributed by atoms with Gasteiger partial charge in [0.2, 0.25) is 0 Å². The second-order valence-electron chi connectivity index (χ2n) is 8.31. The van der Waals surface area contributed by atoms with Crippen LogP contribution >= 0.6 is 0 Å². The first-order valence-electron chi connectivity index (χ1n) is 8.99. The van der Waals surface area contributed by atoms with Crippen molar-refractivity contribution in [1.29, 1.82) is 0 Å². The van der Waals surface area contributed by atoms with Gasteiger partial charge in [0.15, 0.2) is 0 Å². The van der Waals surface area contributed by atoms with E-state index < -0.39 is 17.5 Å². The smallest absolute Gasteiger partial charge is 0.399 e. The van der Waals surface area contributed by atoms with Gasteiger partial charge in [-0.1, -0.05) is 20.8 Å². The van der Waals surface area contributed by atoms with Gasteiger partial charge in [0.1, 0.15) is 29.1 Å². The molecule has 0 N–H and O–H groups in total. The number of rotatable bonds is 3. The van der Waals surface area contributed by atoms with E-state index in [0.29, 0.717) is 16.7 Å². The Morgan fingerprint density at radius 2 is 1.77 bits per heavy atom. The third kappa shape index (κ3) is 4.17. The molecule has 6 heteroatoms. The molecule has 0 saturated carbocycles. The molecule has 1 aliphatic heterocycles. The third-order valence-electron chi connectivity index (χ3n) is 4.95. The van der Waals surface area contributed by atoms with Gasteiger partial charge in [0.05, 0.1) is 0 Å². The molecule has 0 radical (unpaired) electrons. The molecule has 1 aliphatic rings. The van der Waals surface area contributed by atoms with E-state index in [0.717, 1.165) is 25.9 Å². The Bertz CT molecular complexity index is 738. The number of hydrogen-bond acceptors (Lipinski definition) is 3. The molecular formula is C20H26F3NO2. The van der Waals surface area contributed by atoms with Crippen molar-refractivity contribution in [3.8, 4) is 5.75 Å². The van der Waals surface area contributed by atoms with Crippen LogP contribution < -0.4 is 4.74 Å². The molecule has 26 heavy (non-hydrogen) atoms. The molecule has 0 spiro atoms. The highest BCUT2D eigenvalue weighted by Crippen LogP contribution is 2.48. The summed E-state index contributed by atoms with van der Waals surface area (Å²) in [7, 11) is 2.08. The number of hydrogen-bond donors (Lipinski definition) is 0. The number of likely N-dealkylation sites (tertiary alicyclic amines) is 1. The first-order chi connectivity index (χ1) is 12.0. The number of halogens is 3. The molecule has 0 amide bonds. The molecular weight excluding hydrogens is 343 g/mol. The Hall–Kier alpha value is -1.69. The van der Waals surface area contributed by atoms with Gasteiger partial charge in [-0.25, -0.2) is 0 Å². The Balaban J connectivity index is 1.85. The zero-order chi connectivity index (χ0) is 19.1. The van der Waals surface area contributed by atoms with Gasteiger partial charge >= 0.3 is 6.18 Å². The Morgan fingerprint density at radius 3 is 2.35 bits per heavy atom. The summed E-state index contributed by atoms with van der Waals surface area (Å²) in [5.41, 5.74) is -0.534. The fourth-order valence-electron chi connectivity index (χ4n) is 3.63. The minimum Gasteiger partial charge on any atom is -0.490 e. The van der Waals surface area contributed by atoms with Gasteiger partial charge in [-0.05, 0) is 49.6 Å². The van der Waals surface area contributed by atoms with Crippen LogP contribution in [0, 0.1) is 5.41 Å². The van der Waals surface area contributed by atoms with E-state index in [1.54, 1.807) is 39.0 Å². The predicted molar refractivity (Wildman–Crippen MR) is 95.6 cm³/mol. The highest BCUT2D eigenvalue weighted by molar-refractivity contribution is 5.79. The summed E-state index contributed by atoms with van der Waals surface area (Å²) in [4.78, 5) is 2.26. The lowest BCUT2D eigenvalue weighted by molar-refractivity contribution is -0.175. The van der Waals surface area contributed by atoms with Crippen molar-refractivity contribution in [2.24, 2.45) is 5.41 Å². The molecule has 2 aromatic rings. The van der Waals surface area contributed by atoms with Crippen molar-refractivity contribution in [3.63, 3.8) is 0 Å². The largest absolute Gasteiger partial charge is 0.490 e.